The molecule has 86 heavy (non-hydrogen) atoms. The lowest BCUT2D eigenvalue weighted by Gasteiger charge is -2.56. The Morgan fingerprint density at radius 2 is 1.71 bits per heavy atom. The van der Waals surface area contributed by atoms with Crippen molar-refractivity contribution in [2.45, 2.75) is 157 Å². The van der Waals surface area contributed by atoms with Crippen LogP contribution in [0, 0.1) is 35.5 Å². The number of guanidine groups is 1. The predicted molar refractivity (Wildman–Crippen MR) is 316 cm³/mol. The molecule has 20 nitrogen and oxygen atoms in total. The van der Waals surface area contributed by atoms with E-state index in [1.165, 1.54) is 12.1 Å². The number of carbonyl (C=O) groups is 4. The molecule has 11 atom stereocenters. The lowest BCUT2D eigenvalue weighted by Crippen LogP contribution is -2.69. The van der Waals surface area contributed by atoms with Crippen molar-refractivity contribution in [3.63, 3.8) is 0 Å². The molecule has 0 spiro atoms. The topological polar surface area (TPSA) is 349 Å². The zero-order chi connectivity index (χ0) is 60.9. The van der Waals surface area contributed by atoms with Crippen LogP contribution in [0.1, 0.15) is 176 Å². The maximum atomic E-state index is 16.3. The molecular formula is C66H77N5O15. The molecule has 0 aromatic heterocycles. The van der Waals surface area contributed by atoms with E-state index in [2.05, 4.69) is 22.2 Å². The highest BCUT2D eigenvalue weighted by atomic mass is 16.7. The number of aliphatic hydroxyl groups excluding tert-OH is 3. The number of rotatable bonds is 14. The van der Waals surface area contributed by atoms with Gasteiger partial charge in [0, 0.05) is 58.7 Å². The van der Waals surface area contributed by atoms with Crippen LogP contribution in [0.3, 0.4) is 0 Å². The van der Waals surface area contributed by atoms with Crippen LogP contribution >= 0.6 is 0 Å². The lowest BCUT2D eigenvalue weighted by atomic mass is 9.51. The van der Waals surface area contributed by atoms with Crippen molar-refractivity contribution in [3.05, 3.63) is 120 Å². The quantitative estimate of drug-likeness (QED) is 0.0109. The van der Waals surface area contributed by atoms with Crippen molar-refractivity contribution in [1.82, 2.24) is 5.32 Å². The average Bonchev–Trinajstić information content (AvgIpc) is 0.761. The van der Waals surface area contributed by atoms with Crippen molar-refractivity contribution in [2.24, 2.45) is 45.9 Å². The molecule has 14 N–H and O–H groups in total. The number of aliphatic imine (C=N–C) groups is 1. The van der Waals surface area contributed by atoms with Gasteiger partial charge in [-0.15, -0.1) is 0 Å². The van der Waals surface area contributed by atoms with Crippen molar-refractivity contribution in [2.75, 3.05) is 26.7 Å². The fraction of sp³-hybridized carbons (Fsp3) is 0.500. The number of hydrogen-bond donors (Lipinski definition) is 11. The molecule has 11 rings (SSSR count). The third kappa shape index (κ3) is 11.3. The van der Waals surface area contributed by atoms with Crippen LogP contribution in [0.5, 0.6) is 17.2 Å². The summed E-state index contributed by atoms with van der Waals surface area (Å²) in [5, 5.41) is 88.6. The maximum Gasteiger partial charge on any atom is 0.308 e. The molecule has 3 saturated carbocycles. The van der Waals surface area contributed by atoms with Gasteiger partial charge in [0.1, 0.15) is 23.4 Å². The second-order valence-corrected chi connectivity index (χ2v) is 24.6. The first-order valence-corrected chi connectivity index (χ1v) is 30.0. The molecule has 7 aliphatic rings. The van der Waals surface area contributed by atoms with E-state index in [9.17, 15) is 45.3 Å². The zero-order valence-corrected chi connectivity index (χ0v) is 48.4. The van der Waals surface area contributed by atoms with E-state index in [0.717, 1.165) is 56.6 Å². The minimum atomic E-state index is -3.11. The van der Waals surface area contributed by atoms with E-state index >= 15 is 9.59 Å². The van der Waals surface area contributed by atoms with Gasteiger partial charge in [0.25, 0.3) is 0 Å². The molecule has 0 radical (unpaired) electrons. The number of ether oxygens (including phenoxy) is 4. The normalized spacial score (nSPS) is 28.7. The van der Waals surface area contributed by atoms with Gasteiger partial charge >= 0.3 is 5.97 Å². The zero-order valence-electron chi connectivity index (χ0n) is 48.4. The fourth-order valence-corrected chi connectivity index (χ4v) is 15.4. The van der Waals surface area contributed by atoms with Gasteiger partial charge in [0.15, 0.2) is 29.9 Å². The number of aldehydes is 1. The van der Waals surface area contributed by atoms with Gasteiger partial charge in [-0.3, -0.25) is 24.2 Å². The molecule has 6 bridgehead atoms. The number of fused-ring (bicyclic) bond motifs is 6. The van der Waals surface area contributed by atoms with Crippen molar-refractivity contribution in [3.8, 4) is 29.1 Å². The van der Waals surface area contributed by atoms with Crippen molar-refractivity contribution >= 4 is 41.9 Å². The van der Waals surface area contributed by atoms with Crippen LogP contribution in [0.25, 0.3) is 12.2 Å². The summed E-state index contributed by atoms with van der Waals surface area (Å²) in [5.74, 6) is -1.35. The molecule has 4 fully saturated rings. The first-order chi connectivity index (χ1) is 41.2. The molecule has 0 unspecified atom stereocenters. The Balaban J connectivity index is 1.18. The number of nitrogens with one attached hydrogen (secondary N) is 1. The minimum Gasteiger partial charge on any atom is -0.507 e. The summed E-state index contributed by atoms with van der Waals surface area (Å²) < 4.78 is 25.6. The number of nitrogens with two attached hydrogens (primary N) is 3. The Bertz CT molecular complexity index is 3470. The first kappa shape index (κ1) is 60.8. The van der Waals surface area contributed by atoms with Gasteiger partial charge in [0.2, 0.25) is 12.1 Å². The second-order valence-electron chi connectivity index (χ2n) is 24.6. The summed E-state index contributed by atoms with van der Waals surface area (Å²) in [4.78, 5) is 63.2. The second kappa shape index (κ2) is 24.7. The lowest BCUT2D eigenvalue weighted by molar-refractivity contribution is -0.386. The van der Waals surface area contributed by atoms with Gasteiger partial charge in [0.05, 0.1) is 49.2 Å². The highest BCUT2D eigenvalue weighted by Crippen LogP contribution is 2.61. The molecular weight excluding hydrogens is 1100 g/mol. The van der Waals surface area contributed by atoms with Gasteiger partial charge < -0.3 is 77.2 Å². The van der Waals surface area contributed by atoms with Gasteiger partial charge in [-0.25, -0.2) is 0 Å². The Labute approximate surface area is 498 Å². The van der Waals surface area contributed by atoms with Crippen LogP contribution in [0.2, 0.25) is 0 Å². The van der Waals surface area contributed by atoms with Gasteiger partial charge in [-0.2, -0.15) is 0 Å². The summed E-state index contributed by atoms with van der Waals surface area (Å²) in [6.45, 7) is 0.419. The molecule has 456 valence electrons. The molecule has 6 aliphatic carbocycles. The number of phenols is 1. The number of esters is 1. The molecule has 4 aromatic carbocycles. The Kier molecular flexibility index (Phi) is 17.5. The highest BCUT2D eigenvalue weighted by Gasteiger charge is 2.60. The largest absolute Gasteiger partial charge is 0.507 e. The van der Waals surface area contributed by atoms with Crippen LogP contribution in [0.4, 0.5) is 0 Å². The SMILES string of the molecule is CNC[C@H]1C[C@H]2CC[C@@H]3C[C@H]2[C@](O)(C1)c1c3ccc(Cc2c(O)c3c4c(c2O[C@H]2O[C@@H](C5CCCC5)[C@@H](O)C(O)(O)[C@H]2OCCN=C(N)N)CC#C[C@H](N)CC[C@@H](O)Cc2cccc(c2)/C=C/c2c(OC(C)=O)cc(CO)c(c2C4=O)C3=O)c1C=O. The Morgan fingerprint density at radius 1 is 0.930 bits per heavy atom. The number of aliphatic hydroxyl groups is 6. The van der Waals surface area contributed by atoms with E-state index in [4.69, 9.17) is 36.1 Å². The van der Waals surface area contributed by atoms with Crippen molar-refractivity contribution in [1.29, 1.82) is 0 Å². The summed E-state index contributed by atoms with van der Waals surface area (Å²) in [7, 11) is 1.87. The van der Waals surface area contributed by atoms with E-state index in [0.29, 0.717) is 48.8 Å². The average molecular weight is 1180 g/mol. The molecule has 1 heterocycles. The van der Waals surface area contributed by atoms with Crippen LogP contribution in [-0.4, -0.2) is 135 Å². The van der Waals surface area contributed by atoms with E-state index in [1.54, 1.807) is 24.3 Å². The highest BCUT2D eigenvalue weighted by molar-refractivity contribution is 6.32. The maximum absolute atomic E-state index is 16.3. The smallest absolute Gasteiger partial charge is 0.308 e. The van der Waals surface area contributed by atoms with Crippen LogP contribution in [-0.2, 0) is 45.7 Å². The van der Waals surface area contributed by atoms with E-state index < -0.39 is 108 Å². The van der Waals surface area contributed by atoms with Crippen molar-refractivity contribution < 1.29 is 73.9 Å². The standard InChI is InChI=1S/C66H77N5O15/c1-33(74)84-50-28-41(31-72)51-52-45(50)19-13-34-7-5-8-35(23-34)25-43(75)18-17-42(67)11-6-12-46-53(58(52)78)54(57(51)77)56(76)47(60(46)86-63-62(83-22-21-71-64(68)69)66(81,82)61(79)59(85-63)37-9-3-4-10-37)26-38-16-20-44-39-14-15-40-24-36(30-70-2)29-65(80,49(40)27-39)55(44)48(38)32-73/h5,7-8,13,16,19-20,23,28,32,36-37,39-40,42-43,49,59,61-63,70,72,75-76,79-82H,3-4,9-10,12,14-15,17-18,21-22,24-27,29-31,67H2,1-2H3,(H4,68,69,71)/b19-13+/t36-,39+,40+,42-,43+,49+,59-,61+,62-,63+,65+/m0/s1. The Morgan fingerprint density at radius 3 is 2.44 bits per heavy atom. The summed E-state index contributed by atoms with van der Waals surface area (Å²) in [6, 6.07) is 11.4. The van der Waals surface area contributed by atoms with E-state index in [-0.39, 0.29) is 112 Å². The van der Waals surface area contributed by atoms with E-state index in [1.807, 2.05) is 25.2 Å². The first-order valence-electron chi connectivity index (χ1n) is 30.0. The number of nitrogens with zero attached hydrogens (tertiary/aromatic N) is 1. The molecule has 20 heteroatoms. The number of aromatic hydroxyl groups is 1. The van der Waals surface area contributed by atoms with Gasteiger partial charge in [-0.1, -0.05) is 67.2 Å². The molecule has 1 aliphatic heterocycles. The Hall–Kier alpha value is -6.87. The van der Waals surface area contributed by atoms with Crippen LogP contribution in [0.15, 0.2) is 47.5 Å². The summed E-state index contributed by atoms with van der Waals surface area (Å²) in [6.07, 6.45) is 2.23. The minimum absolute atomic E-state index is 0.0362. The molecule has 1 saturated heterocycles. The predicted octanol–water partition coefficient (Wildman–Crippen LogP) is 4.05. The molecule has 0 amide bonds. The third-order valence-electron chi connectivity index (χ3n) is 19.1. The van der Waals surface area contributed by atoms with Gasteiger partial charge in [-0.05, 0) is 153 Å². The monoisotopic (exact) mass is 1180 g/mol. The number of carbonyl (C=O) groups excluding carboxylic acids is 4. The number of phenolic OH excluding ortho intramolecular Hbond substituents is 1. The molecule has 4 aromatic rings. The summed E-state index contributed by atoms with van der Waals surface area (Å²) >= 11 is 0. The number of ketones is 2. The van der Waals surface area contributed by atoms with Crippen LogP contribution < -0.4 is 32.0 Å². The fourth-order valence-electron chi connectivity index (χ4n) is 15.4. The summed E-state index contributed by atoms with van der Waals surface area (Å²) in [5.41, 5.74) is 17.8. The third-order valence-corrected chi connectivity index (χ3v) is 19.1. The number of hydrogen-bond acceptors (Lipinski definition) is 18. The number of benzene rings is 4.